The summed E-state index contributed by atoms with van der Waals surface area (Å²) in [7, 11) is 1.49. The van der Waals surface area contributed by atoms with Crippen LogP contribution < -0.4 is 10.1 Å². The van der Waals surface area contributed by atoms with Crippen LogP contribution in [0, 0.1) is 12.7 Å². The first-order chi connectivity index (χ1) is 12.4. The third kappa shape index (κ3) is 3.15. The van der Waals surface area contributed by atoms with Crippen molar-refractivity contribution in [3.05, 3.63) is 58.9 Å². The average Bonchev–Trinajstić information content (AvgIpc) is 2.85. The average molecular weight is 356 g/mol. The Morgan fingerprint density at radius 1 is 1.19 bits per heavy atom. The molecule has 0 unspecified atom stereocenters. The van der Waals surface area contributed by atoms with Gasteiger partial charge in [0.05, 0.1) is 23.9 Å². The highest BCUT2D eigenvalue weighted by molar-refractivity contribution is 6.21. The number of hydrogen-bond acceptors (Lipinski definition) is 4. The second-order valence-electron chi connectivity index (χ2n) is 5.93. The van der Waals surface area contributed by atoms with Crippen LogP contribution in [0.5, 0.6) is 5.75 Å². The van der Waals surface area contributed by atoms with E-state index in [2.05, 4.69) is 5.32 Å². The van der Waals surface area contributed by atoms with Crippen LogP contribution in [-0.4, -0.2) is 36.3 Å². The maximum atomic E-state index is 13.8. The third-order valence-electron chi connectivity index (χ3n) is 4.14. The van der Waals surface area contributed by atoms with E-state index in [9.17, 15) is 18.8 Å². The predicted molar refractivity (Wildman–Crippen MR) is 92.7 cm³/mol. The van der Waals surface area contributed by atoms with Gasteiger partial charge in [0.2, 0.25) is 5.91 Å². The van der Waals surface area contributed by atoms with Gasteiger partial charge in [0.1, 0.15) is 11.6 Å². The number of nitrogens with one attached hydrogen (secondary N) is 1. The molecule has 2 aromatic carbocycles. The predicted octanol–water partition coefficient (Wildman–Crippen LogP) is 2.77. The Kier molecular flexibility index (Phi) is 4.71. The van der Waals surface area contributed by atoms with Gasteiger partial charge in [-0.25, -0.2) is 4.39 Å². The quantitative estimate of drug-likeness (QED) is 0.836. The zero-order valence-electron chi connectivity index (χ0n) is 14.3. The molecule has 0 aromatic heterocycles. The van der Waals surface area contributed by atoms with Gasteiger partial charge in [-0.15, -0.1) is 0 Å². The molecule has 0 spiro atoms. The molecule has 0 aliphatic carbocycles. The Hall–Kier alpha value is -3.22. The lowest BCUT2D eigenvalue weighted by atomic mass is 10.1. The molecule has 3 amide bonds. The van der Waals surface area contributed by atoms with Crippen molar-refractivity contribution < 1.29 is 23.5 Å². The number of anilines is 1. The van der Waals surface area contributed by atoms with E-state index in [1.54, 1.807) is 12.1 Å². The van der Waals surface area contributed by atoms with Crippen molar-refractivity contribution in [1.82, 2.24) is 4.90 Å². The molecule has 1 aliphatic heterocycles. The van der Waals surface area contributed by atoms with Crippen LogP contribution in [-0.2, 0) is 4.79 Å². The number of aryl methyl sites for hydroxylation is 1. The molecule has 0 bridgehead atoms. The Morgan fingerprint density at radius 2 is 1.96 bits per heavy atom. The third-order valence-corrected chi connectivity index (χ3v) is 4.14. The van der Waals surface area contributed by atoms with E-state index < -0.39 is 17.6 Å². The summed E-state index contributed by atoms with van der Waals surface area (Å²) in [4.78, 5) is 37.6. The fourth-order valence-electron chi connectivity index (χ4n) is 2.84. The lowest BCUT2D eigenvalue weighted by molar-refractivity contribution is -0.116. The van der Waals surface area contributed by atoms with E-state index in [1.807, 2.05) is 13.0 Å². The number of fused-ring (bicyclic) bond motifs is 1. The van der Waals surface area contributed by atoms with E-state index >= 15 is 0 Å². The molecule has 7 heteroatoms. The molecule has 26 heavy (non-hydrogen) atoms. The van der Waals surface area contributed by atoms with Gasteiger partial charge < -0.3 is 10.1 Å². The highest BCUT2D eigenvalue weighted by Gasteiger charge is 2.37. The molecule has 0 saturated carbocycles. The number of halogens is 1. The van der Waals surface area contributed by atoms with Crippen LogP contribution >= 0.6 is 0 Å². The summed E-state index contributed by atoms with van der Waals surface area (Å²) in [6.07, 6.45) is -0.107. The summed E-state index contributed by atoms with van der Waals surface area (Å²) < 4.78 is 19.0. The van der Waals surface area contributed by atoms with Gasteiger partial charge in [-0.1, -0.05) is 12.1 Å². The summed E-state index contributed by atoms with van der Waals surface area (Å²) in [5.41, 5.74) is 1.23. The van der Waals surface area contributed by atoms with Crippen LogP contribution in [0.25, 0.3) is 0 Å². The molecular weight excluding hydrogens is 339 g/mol. The van der Waals surface area contributed by atoms with E-state index in [4.69, 9.17) is 4.74 Å². The van der Waals surface area contributed by atoms with E-state index in [-0.39, 0.29) is 30.0 Å². The highest BCUT2D eigenvalue weighted by atomic mass is 19.1. The first-order valence-corrected chi connectivity index (χ1v) is 8.01. The fraction of sp³-hybridized carbons (Fsp3) is 0.211. The molecule has 0 radical (unpaired) electrons. The van der Waals surface area contributed by atoms with Crippen LogP contribution in [0.2, 0.25) is 0 Å². The van der Waals surface area contributed by atoms with Crippen molar-refractivity contribution >= 4 is 23.4 Å². The minimum absolute atomic E-state index is 0.0239. The molecular formula is C19H17FN2O4. The molecule has 6 nitrogen and oxygen atoms in total. The first kappa shape index (κ1) is 17.6. The summed E-state index contributed by atoms with van der Waals surface area (Å²) in [5.74, 6) is -1.93. The van der Waals surface area contributed by atoms with Crippen molar-refractivity contribution in [3.8, 4) is 5.75 Å². The number of carbonyl (C=O) groups excluding carboxylic acids is 3. The van der Waals surface area contributed by atoms with Crippen molar-refractivity contribution in [2.75, 3.05) is 19.0 Å². The monoisotopic (exact) mass is 356 g/mol. The number of carbonyl (C=O) groups is 3. The zero-order valence-corrected chi connectivity index (χ0v) is 14.3. The first-order valence-electron chi connectivity index (χ1n) is 8.01. The van der Waals surface area contributed by atoms with E-state index in [0.717, 1.165) is 16.5 Å². The SMILES string of the molecule is COc1ccc(C)cc1NC(=O)CCN1C(=O)c2cccc(F)c2C1=O. The molecule has 1 N–H and O–H groups in total. The number of hydrogen-bond donors (Lipinski definition) is 1. The van der Waals surface area contributed by atoms with E-state index in [1.165, 1.54) is 19.2 Å². The van der Waals surface area contributed by atoms with Gasteiger partial charge in [0.15, 0.2) is 0 Å². The normalized spacial score (nSPS) is 13.0. The number of imide groups is 1. The summed E-state index contributed by atoms with van der Waals surface area (Å²) in [6.45, 7) is 1.74. The molecule has 1 heterocycles. The van der Waals surface area contributed by atoms with Crippen LogP contribution in [0.4, 0.5) is 10.1 Å². The molecule has 0 fully saturated rings. The summed E-state index contributed by atoms with van der Waals surface area (Å²) in [6, 6.07) is 9.24. The molecule has 3 rings (SSSR count). The molecule has 1 aliphatic rings. The van der Waals surface area contributed by atoms with Crippen LogP contribution in [0.3, 0.4) is 0 Å². The summed E-state index contributed by atoms with van der Waals surface area (Å²) >= 11 is 0. The fourth-order valence-corrected chi connectivity index (χ4v) is 2.84. The van der Waals surface area contributed by atoms with Gasteiger partial charge in [-0.05, 0) is 36.8 Å². The van der Waals surface area contributed by atoms with Crippen LogP contribution in [0.15, 0.2) is 36.4 Å². The molecule has 134 valence electrons. The van der Waals surface area contributed by atoms with Gasteiger partial charge in [-0.3, -0.25) is 19.3 Å². The van der Waals surface area contributed by atoms with Crippen molar-refractivity contribution in [2.45, 2.75) is 13.3 Å². The number of benzene rings is 2. The van der Waals surface area contributed by atoms with Gasteiger partial charge >= 0.3 is 0 Å². The molecule has 0 saturated heterocycles. The number of methoxy groups -OCH3 is 1. The lowest BCUT2D eigenvalue weighted by Gasteiger charge is -2.14. The molecule has 2 aromatic rings. The second-order valence-corrected chi connectivity index (χ2v) is 5.93. The summed E-state index contributed by atoms with van der Waals surface area (Å²) in [5, 5.41) is 2.70. The Labute approximate surface area is 149 Å². The topological polar surface area (TPSA) is 75.7 Å². The number of ether oxygens (including phenoxy) is 1. The highest BCUT2D eigenvalue weighted by Crippen LogP contribution is 2.27. The van der Waals surface area contributed by atoms with Crippen molar-refractivity contribution in [2.24, 2.45) is 0 Å². The second kappa shape index (κ2) is 6.95. The largest absolute Gasteiger partial charge is 0.495 e. The maximum absolute atomic E-state index is 13.8. The molecule has 0 atom stereocenters. The Balaban J connectivity index is 1.68. The smallest absolute Gasteiger partial charge is 0.264 e. The number of amides is 3. The van der Waals surface area contributed by atoms with Gasteiger partial charge in [0, 0.05) is 13.0 Å². The Bertz CT molecular complexity index is 910. The van der Waals surface area contributed by atoms with Crippen LogP contribution in [0.1, 0.15) is 32.7 Å². The number of nitrogens with zero attached hydrogens (tertiary/aromatic N) is 1. The standard InChI is InChI=1S/C19H17FN2O4/c1-11-6-7-15(26-2)14(10-11)21-16(23)8-9-22-18(24)12-4-3-5-13(20)17(12)19(22)25/h3-7,10H,8-9H2,1-2H3,(H,21,23). The van der Waals surface area contributed by atoms with Crippen molar-refractivity contribution in [1.29, 1.82) is 0 Å². The minimum Gasteiger partial charge on any atom is -0.495 e. The van der Waals surface area contributed by atoms with Crippen molar-refractivity contribution in [3.63, 3.8) is 0 Å². The lowest BCUT2D eigenvalue weighted by Crippen LogP contribution is -2.33. The Morgan fingerprint density at radius 3 is 2.65 bits per heavy atom. The number of rotatable bonds is 5. The minimum atomic E-state index is -0.739. The van der Waals surface area contributed by atoms with Gasteiger partial charge in [0.25, 0.3) is 11.8 Å². The van der Waals surface area contributed by atoms with Gasteiger partial charge in [-0.2, -0.15) is 0 Å². The zero-order chi connectivity index (χ0) is 18.8. The van der Waals surface area contributed by atoms with E-state index in [0.29, 0.717) is 11.4 Å². The maximum Gasteiger partial charge on any atom is 0.264 e.